The van der Waals surface area contributed by atoms with Crippen LogP contribution in [0.15, 0.2) is 36.8 Å². The summed E-state index contributed by atoms with van der Waals surface area (Å²) in [5, 5.41) is 3.27. The van der Waals surface area contributed by atoms with Crippen LogP contribution in [0.5, 0.6) is 0 Å². The summed E-state index contributed by atoms with van der Waals surface area (Å²) in [6.45, 7) is 3.95. The van der Waals surface area contributed by atoms with Crippen LogP contribution in [0.3, 0.4) is 0 Å². The summed E-state index contributed by atoms with van der Waals surface area (Å²) in [4.78, 5) is 7.89. The van der Waals surface area contributed by atoms with Crippen LogP contribution in [0, 0.1) is 11.6 Å². The van der Waals surface area contributed by atoms with Gasteiger partial charge in [0.25, 0.3) is 0 Å². The van der Waals surface area contributed by atoms with Crippen molar-refractivity contribution in [3.63, 3.8) is 0 Å². The molecule has 3 nitrogen and oxygen atoms in total. The second-order valence-corrected chi connectivity index (χ2v) is 4.59. The summed E-state index contributed by atoms with van der Waals surface area (Å²) in [7, 11) is 0. The molecule has 2 rings (SSSR count). The molecule has 0 fully saturated rings. The fourth-order valence-corrected chi connectivity index (χ4v) is 1.83. The number of pyridine rings is 2. The standard InChI is InChI=1S/C14H15F2N3/c1-9(2)19-14(10-5-12(16)7-17-6-10)13-4-3-11(15)8-18-13/h3-9,14,19H,1-2H3. The highest BCUT2D eigenvalue weighted by Gasteiger charge is 2.17. The van der Waals surface area contributed by atoms with Crippen molar-refractivity contribution in [3.05, 3.63) is 59.7 Å². The summed E-state index contributed by atoms with van der Waals surface area (Å²) in [6.07, 6.45) is 3.87. The summed E-state index contributed by atoms with van der Waals surface area (Å²) >= 11 is 0. The molecule has 0 aromatic carbocycles. The third-order valence-corrected chi connectivity index (χ3v) is 2.61. The van der Waals surface area contributed by atoms with E-state index in [1.165, 1.54) is 12.1 Å². The van der Waals surface area contributed by atoms with Crippen molar-refractivity contribution in [2.45, 2.75) is 25.9 Å². The lowest BCUT2D eigenvalue weighted by Crippen LogP contribution is -2.29. The smallest absolute Gasteiger partial charge is 0.141 e. The number of hydrogen-bond acceptors (Lipinski definition) is 3. The zero-order chi connectivity index (χ0) is 13.8. The zero-order valence-corrected chi connectivity index (χ0v) is 10.8. The van der Waals surface area contributed by atoms with Gasteiger partial charge in [-0.1, -0.05) is 0 Å². The summed E-state index contributed by atoms with van der Waals surface area (Å²) < 4.78 is 26.2. The number of nitrogens with one attached hydrogen (secondary N) is 1. The van der Waals surface area contributed by atoms with Gasteiger partial charge >= 0.3 is 0 Å². The largest absolute Gasteiger partial charge is 0.303 e. The fraction of sp³-hybridized carbons (Fsp3) is 0.286. The van der Waals surface area contributed by atoms with E-state index in [1.807, 2.05) is 13.8 Å². The van der Waals surface area contributed by atoms with Crippen molar-refractivity contribution in [1.29, 1.82) is 0 Å². The van der Waals surface area contributed by atoms with E-state index in [-0.39, 0.29) is 12.1 Å². The van der Waals surface area contributed by atoms with E-state index in [2.05, 4.69) is 15.3 Å². The topological polar surface area (TPSA) is 37.8 Å². The lowest BCUT2D eigenvalue weighted by atomic mass is 10.0. The maximum absolute atomic E-state index is 13.3. The third-order valence-electron chi connectivity index (χ3n) is 2.61. The highest BCUT2D eigenvalue weighted by molar-refractivity contribution is 5.25. The summed E-state index contributed by atoms with van der Waals surface area (Å²) in [5.74, 6) is -0.806. The van der Waals surface area contributed by atoms with Crippen molar-refractivity contribution in [1.82, 2.24) is 15.3 Å². The first-order valence-electron chi connectivity index (χ1n) is 6.04. The van der Waals surface area contributed by atoms with E-state index in [0.29, 0.717) is 11.3 Å². The van der Waals surface area contributed by atoms with Crippen LogP contribution in [-0.2, 0) is 0 Å². The second kappa shape index (κ2) is 5.84. The van der Waals surface area contributed by atoms with Gasteiger partial charge < -0.3 is 5.32 Å². The Hall–Kier alpha value is -1.88. The zero-order valence-electron chi connectivity index (χ0n) is 10.8. The number of hydrogen-bond donors (Lipinski definition) is 1. The molecule has 1 atom stereocenters. The van der Waals surface area contributed by atoms with E-state index >= 15 is 0 Å². The minimum Gasteiger partial charge on any atom is -0.303 e. The van der Waals surface area contributed by atoms with E-state index in [1.54, 1.807) is 12.3 Å². The van der Waals surface area contributed by atoms with Crippen LogP contribution < -0.4 is 5.32 Å². The first kappa shape index (κ1) is 13.5. The normalized spacial score (nSPS) is 12.7. The van der Waals surface area contributed by atoms with Gasteiger partial charge in [-0.15, -0.1) is 0 Å². The van der Waals surface area contributed by atoms with Crippen LogP contribution in [0.4, 0.5) is 8.78 Å². The molecule has 0 bridgehead atoms. The van der Waals surface area contributed by atoms with E-state index in [0.717, 1.165) is 12.4 Å². The molecule has 0 aliphatic carbocycles. The summed E-state index contributed by atoms with van der Waals surface area (Å²) in [6, 6.07) is 4.17. The van der Waals surface area contributed by atoms with Crippen molar-refractivity contribution in [2.75, 3.05) is 0 Å². The van der Waals surface area contributed by atoms with Gasteiger partial charge in [-0.2, -0.15) is 0 Å². The quantitative estimate of drug-likeness (QED) is 0.921. The van der Waals surface area contributed by atoms with Gasteiger partial charge in [0.05, 0.1) is 24.1 Å². The molecule has 1 unspecified atom stereocenters. The van der Waals surface area contributed by atoms with Gasteiger partial charge in [0.15, 0.2) is 0 Å². The fourth-order valence-electron chi connectivity index (χ4n) is 1.83. The Kier molecular flexibility index (Phi) is 4.16. The van der Waals surface area contributed by atoms with Crippen molar-refractivity contribution >= 4 is 0 Å². The molecule has 0 spiro atoms. The molecule has 100 valence electrons. The maximum Gasteiger partial charge on any atom is 0.141 e. The second-order valence-electron chi connectivity index (χ2n) is 4.59. The van der Waals surface area contributed by atoms with Gasteiger partial charge in [0.2, 0.25) is 0 Å². The van der Waals surface area contributed by atoms with E-state index in [4.69, 9.17) is 0 Å². The first-order chi connectivity index (χ1) is 9.06. The Balaban J connectivity index is 2.38. The van der Waals surface area contributed by atoms with Crippen LogP contribution in [0.2, 0.25) is 0 Å². The molecule has 0 radical (unpaired) electrons. The molecule has 5 heteroatoms. The number of aromatic nitrogens is 2. The lowest BCUT2D eigenvalue weighted by molar-refractivity contribution is 0.512. The Morgan fingerprint density at radius 1 is 1.05 bits per heavy atom. The molecule has 0 amide bonds. The van der Waals surface area contributed by atoms with Gasteiger partial charge in [-0.25, -0.2) is 8.78 Å². The Labute approximate surface area is 110 Å². The number of rotatable bonds is 4. The third kappa shape index (κ3) is 3.54. The molecular weight excluding hydrogens is 248 g/mol. The molecule has 0 saturated heterocycles. The van der Waals surface area contributed by atoms with Gasteiger partial charge in [-0.3, -0.25) is 9.97 Å². The average Bonchev–Trinajstić information content (AvgIpc) is 2.37. The van der Waals surface area contributed by atoms with Gasteiger partial charge in [0, 0.05) is 12.2 Å². The highest BCUT2D eigenvalue weighted by Crippen LogP contribution is 2.21. The number of nitrogens with zero attached hydrogens (tertiary/aromatic N) is 2. The van der Waals surface area contributed by atoms with Gasteiger partial charge in [-0.05, 0) is 37.6 Å². The molecule has 0 aliphatic heterocycles. The lowest BCUT2D eigenvalue weighted by Gasteiger charge is -2.21. The predicted octanol–water partition coefficient (Wildman–Crippen LogP) is 2.84. The predicted molar refractivity (Wildman–Crippen MR) is 68.5 cm³/mol. The van der Waals surface area contributed by atoms with E-state index in [9.17, 15) is 8.78 Å². The summed E-state index contributed by atoms with van der Waals surface area (Å²) in [5.41, 5.74) is 1.29. The van der Waals surface area contributed by atoms with Crippen LogP contribution in [-0.4, -0.2) is 16.0 Å². The van der Waals surface area contributed by atoms with Crippen molar-refractivity contribution < 1.29 is 8.78 Å². The van der Waals surface area contributed by atoms with Crippen molar-refractivity contribution in [2.24, 2.45) is 0 Å². The minimum absolute atomic E-state index is 0.167. The van der Waals surface area contributed by atoms with Gasteiger partial charge in [0.1, 0.15) is 11.6 Å². The molecule has 2 aromatic heterocycles. The van der Waals surface area contributed by atoms with Crippen LogP contribution >= 0.6 is 0 Å². The Morgan fingerprint density at radius 3 is 2.42 bits per heavy atom. The molecule has 2 aromatic rings. The number of halogens is 2. The Bertz CT molecular complexity index is 541. The SMILES string of the molecule is CC(C)NC(c1cncc(F)c1)c1ccc(F)cn1. The Morgan fingerprint density at radius 2 is 1.84 bits per heavy atom. The maximum atomic E-state index is 13.3. The van der Waals surface area contributed by atoms with E-state index < -0.39 is 11.6 Å². The van der Waals surface area contributed by atoms with Crippen LogP contribution in [0.25, 0.3) is 0 Å². The van der Waals surface area contributed by atoms with Crippen LogP contribution in [0.1, 0.15) is 31.1 Å². The molecule has 0 saturated carbocycles. The minimum atomic E-state index is -0.407. The van der Waals surface area contributed by atoms with Crippen molar-refractivity contribution in [3.8, 4) is 0 Å². The molecule has 19 heavy (non-hydrogen) atoms. The monoisotopic (exact) mass is 263 g/mol. The average molecular weight is 263 g/mol. The first-order valence-corrected chi connectivity index (χ1v) is 6.04. The molecule has 1 N–H and O–H groups in total. The molecule has 2 heterocycles. The molecular formula is C14H15F2N3. The highest BCUT2D eigenvalue weighted by atomic mass is 19.1. The molecule has 0 aliphatic rings.